The molecule has 96 valence electrons. The molecular weight excluding hydrogens is 234 g/mol. The highest BCUT2D eigenvalue weighted by atomic mass is 32.1. The largest absolute Gasteiger partial charge is 0.383 e. The zero-order valence-electron chi connectivity index (χ0n) is 10.8. The summed E-state index contributed by atoms with van der Waals surface area (Å²) in [5.74, 6) is 0.205. The Morgan fingerprint density at radius 2 is 2.35 bits per heavy atom. The standard InChI is InChI=1S/C13H21NO2S/c1-4-11(2)14(7-8-16-3)10-12(15)13-6-5-9-17-13/h5-6,9,11H,4,7-8,10H2,1-3H3. The highest BCUT2D eigenvalue weighted by molar-refractivity contribution is 7.12. The number of methoxy groups -OCH3 is 1. The Balaban J connectivity index is 2.56. The van der Waals surface area contributed by atoms with Crippen molar-refractivity contribution in [1.29, 1.82) is 0 Å². The van der Waals surface area contributed by atoms with Crippen LogP contribution in [-0.2, 0) is 4.74 Å². The molecule has 4 heteroatoms. The summed E-state index contributed by atoms with van der Waals surface area (Å²) in [5.41, 5.74) is 0. The minimum absolute atomic E-state index is 0.205. The molecule has 0 bridgehead atoms. The van der Waals surface area contributed by atoms with Gasteiger partial charge in [0.25, 0.3) is 0 Å². The molecule has 0 radical (unpaired) electrons. The Bertz CT molecular complexity index is 324. The van der Waals surface area contributed by atoms with Gasteiger partial charge in [-0.2, -0.15) is 0 Å². The minimum atomic E-state index is 0.205. The van der Waals surface area contributed by atoms with E-state index >= 15 is 0 Å². The lowest BCUT2D eigenvalue weighted by molar-refractivity contribution is 0.0838. The van der Waals surface area contributed by atoms with Gasteiger partial charge in [0.05, 0.1) is 18.0 Å². The first-order valence-corrected chi connectivity index (χ1v) is 6.86. The van der Waals surface area contributed by atoms with E-state index in [1.54, 1.807) is 7.11 Å². The molecule has 1 unspecified atom stereocenters. The van der Waals surface area contributed by atoms with Gasteiger partial charge in [-0.1, -0.05) is 13.0 Å². The average Bonchev–Trinajstić information content (AvgIpc) is 2.87. The van der Waals surface area contributed by atoms with Crippen LogP contribution >= 0.6 is 11.3 Å². The third-order valence-corrected chi connectivity index (χ3v) is 3.85. The first-order valence-electron chi connectivity index (χ1n) is 5.98. The van der Waals surface area contributed by atoms with E-state index in [0.29, 0.717) is 19.2 Å². The summed E-state index contributed by atoms with van der Waals surface area (Å²) in [4.78, 5) is 15.1. The first kappa shape index (κ1) is 14.4. The molecule has 1 heterocycles. The van der Waals surface area contributed by atoms with E-state index in [0.717, 1.165) is 17.8 Å². The number of nitrogens with zero attached hydrogens (tertiary/aromatic N) is 1. The Morgan fingerprint density at radius 1 is 1.59 bits per heavy atom. The molecule has 1 aromatic heterocycles. The van der Waals surface area contributed by atoms with Gasteiger partial charge < -0.3 is 4.74 Å². The molecule has 0 aromatic carbocycles. The van der Waals surface area contributed by atoms with Crippen molar-refractivity contribution in [3.63, 3.8) is 0 Å². The second-order valence-corrected chi connectivity index (χ2v) is 5.07. The van der Waals surface area contributed by atoms with E-state index in [9.17, 15) is 4.79 Å². The summed E-state index contributed by atoms with van der Waals surface area (Å²) in [5, 5.41) is 1.94. The summed E-state index contributed by atoms with van der Waals surface area (Å²) in [6, 6.07) is 4.22. The van der Waals surface area contributed by atoms with Crippen LogP contribution in [0, 0.1) is 0 Å². The van der Waals surface area contributed by atoms with Gasteiger partial charge in [0.2, 0.25) is 0 Å². The third-order valence-electron chi connectivity index (χ3n) is 2.94. The summed E-state index contributed by atoms with van der Waals surface area (Å²) < 4.78 is 5.09. The van der Waals surface area contributed by atoms with Crippen LogP contribution < -0.4 is 0 Å². The predicted octanol–water partition coefficient (Wildman–Crippen LogP) is 2.68. The molecular formula is C13H21NO2S. The van der Waals surface area contributed by atoms with E-state index in [4.69, 9.17) is 4.74 Å². The van der Waals surface area contributed by atoms with Crippen molar-refractivity contribution >= 4 is 17.1 Å². The van der Waals surface area contributed by atoms with Gasteiger partial charge in [0, 0.05) is 19.7 Å². The number of ketones is 1. The predicted molar refractivity (Wildman–Crippen MR) is 71.9 cm³/mol. The summed E-state index contributed by atoms with van der Waals surface area (Å²) >= 11 is 1.51. The molecule has 0 fully saturated rings. The van der Waals surface area contributed by atoms with E-state index in [1.165, 1.54) is 11.3 Å². The van der Waals surface area contributed by atoms with Gasteiger partial charge in [-0.05, 0) is 24.8 Å². The molecule has 1 rings (SSSR count). The first-order chi connectivity index (χ1) is 8.19. The van der Waals surface area contributed by atoms with E-state index in [-0.39, 0.29) is 5.78 Å². The molecule has 0 aliphatic rings. The number of hydrogen-bond donors (Lipinski definition) is 0. The molecule has 0 N–H and O–H groups in total. The maximum Gasteiger partial charge on any atom is 0.186 e. The zero-order chi connectivity index (χ0) is 12.7. The Kier molecular flexibility index (Phi) is 6.40. The van der Waals surface area contributed by atoms with E-state index in [1.807, 2.05) is 17.5 Å². The number of Topliss-reactive ketones (excluding diaryl/α,β-unsaturated/α-hetero) is 1. The quantitative estimate of drug-likeness (QED) is 0.669. The van der Waals surface area contributed by atoms with E-state index < -0.39 is 0 Å². The van der Waals surface area contributed by atoms with Gasteiger partial charge in [0.1, 0.15) is 0 Å². The molecule has 0 spiro atoms. The van der Waals surface area contributed by atoms with Gasteiger partial charge in [-0.15, -0.1) is 11.3 Å². The Morgan fingerprint density at radius 3 is 2.88 bits per heavy atom. The normalized spacial score (nSPS) is 12.9. The number of carbonyl (C=O) groups is 1. The third kappa shape index (κ3) is 4.58. The van der Waals surface area contributed by atoms with Gasteiger partial charge >= 0.3 is 0 Å². The highest BCUT2D eigenvalue weighted by Gasteiger charge is 2.17. The van der Waals surface area contributed by atoms with Crippen molar-refractivity contribution < 1.29 is 9.53 Å². The zero-order valence-corrected chi connectivity index (χ0v) is 11.6. The second kappa shape index (κ2) is 7.58. The minimum Gasteiger partial charge on any atom is -0.383 e. The van der Waals surface area contributed by atoms with Crippen LogP contribution in [0.2, 0.25) is 0 Å². The summed E-state index contributed by atoms with van der Waals surface area (Å²) in [7, 11) is 1.69. The fourth-order valence-electron chi connectivity index (χ4n) is 1.62. The van der Waals surface area contributed by atoms with Crippen LogP contribution in [0.15, 0.2) is 17.5 Å². The molecule has 3 nitrogen and oxygen atoms in total. The molecule has 1 aromatic rings. The molecule has 0 amide bonds. The van der Waals surface area contributed by atoms with Crippen molar-refractivity contribution in [2.45, 2.75) is 26.3 Å². The van der Waals surface area contributed by atoms with E-state index in [2.05, 4.69) is 18.7 Å². The molecule has 1 atom stereocenters. The molecule has 0 saturated heterocycles. The van der Waals surface area contributed by atoms with Crippen molar-refractivity contribution in [3.05, 3.63) is 22.4 Å². The lowest BCUT2D eigenvalue weighted by Gasteiger charge is -2.27. The lowest BCUT2D eigenvalue weighted by atomic mass is 10.2. The fourth-order valence-corrected chi connectivity index (χ4v) is 2.28. The number of ether oxygens (including phenoxy) is 1. The van der Waals surface area contributed by atoms with Gasteiger partial charge in [-0.3, -0.25) is 9.69 Å². The molecule has 17 heavy (non-hydrogen) atoms. The average molecular weight is 255 g/mol. The number of carbonyl (C=O) groups excluding carboxylic acids is 1. The monoisotopic (exact) mass is 255 g/mol. The SMILES string of the molecule is CCC(C)N(CCOC)CC(=O)c1cccs1. The topological polar surface area (TPSA) is 29.5 Å². The number of hydrogen-bond acceptors (Lipinski definition) is 4. The van der Waals surface area contributed by atoms with Crippen LogP contribution in [-0.4, -0.2) is 43.5 Å². The smallest absolute Gasteiger partial charge is 0.186 e. The van der Waals surface area contributed by atoms with Crippen LogP contribution in [0.1, 0.15) is 29.9 Å². The Hall–Kier alpha value is -0.710. The van der Waals surface area contributed by atoms with Crippen LogP contribution in [0.3, 0.4) is 0 Å². The summed E-state index contributed by atoms with van der Waals surface area (Å²) in [6.07, 6.45) is 1.04. The van der Waals surface area contributed by atoms with Crippen molar-refractivity contribution in [3.8, 4) is 0 Å². The highest BCUT2D eigenvalue weighted by Crippen LogP contribution is 2.12. The maximum atomic E-state index is 12.0. The van der Waals surface area contributed by atoms with Crippen molar-refractivity contribution in [2.75, 3.05) is 26.8 Å². The molecule has 0 aliphatic heterocycles. The number of rotatable bonds is 8. The summed E-state index contributed by atoms with van der Waals surface area (Å²) in [6.45, 7) is 6.25. The van der Waals surface area contributed by atoms with Gasteiger partial charge in [-0.25, -0.2) is 0 Å². The van der Waals surface area contributed by atoms with Gasteiger partial charge in [0.15, 0.2) is 5.78 Å². The van der Waals surface area contributed by atoms with Crippen molar-refractivity contribution in [1.82, 2.24) is 4.90 Å². The number of thiophene rings is 1. The second-order valence-electron chi connectivity index (χ2n) is 4.12. The van der Waals surface area contributed by atoms with Crippen LogP contribution in [0.5, 0.6) is 0 Å². The van der Waals surface area contributed by atoms with Crippen molar-refractivity contribution in [2.24, 2.45) is 0 Å². The van der Waals surface area contributed by atoms with Crippen LogP contribution in [0.4, 0.5) is 0 Å². The van der Waals surface area contributed by atoms with Crippen LogP contribution in [0.25, 0.3) is 0 Å². The Labute approximate surface area is 107 Å². The molecule has 0 saturated carbocycles. The fraction of sp³-hybridized carbons (Fsp3) is 0.615. The molecule has 0 aliphatic carbocycles. The lowest BCUT2D eigenvalue weighted by Crippen LogP contribution is -2.39. The maximum absolute atomic E-state index is 12.0.